The molecule has 0 bridgehead atoms. The van der Waals surface area contributed by atoms with Gasteiger partial charge in [-0.2, -0.15) is 9.78 Å². The van der Waals surface area contributed by atoms with E-state index in [1.165, 1.54) is 10.7 Å². The summed E-state index contributed by atoms with van der Waals surface area (Å²) in [6.45, 7) is 0.495. The summed E-state index contributed by atoms with van der Waals surface area (Å²) in [5.41, 5.74) is 3.89. The Kier molecular flexibility index (Phi) is 7.23. The Morgan fingerprint density at radius 3 is 2.43 bits per heavy atom. The van der Waals surface area contributed by atoms with Crippen LogP contribution in [0.3, 0.4) is 0 Å². The van der Waals surface area contributed by atoms with E-state index in [0.29, 0.717) is 34.1 Å². The van der Waals surface area contributed by atoms with E-state index in [2.05, 4.69) is 15.7 Å². The summed E-state index contributed by atoms with van der Waals surface area (Å²) >= 11 is 5.89. The molecule has 1 fully saturated rings. The molecule has 4 aromatic rings. The number of aromatic hydroxyl groups is 1. The second kappa shape index (κ2) is 10.9. The van der Waals surface area contributed by atoms with Crippen molar-refractivity contribution in [1.29, 1.82) is 0 Å². The number of phenolic OH excluding ortho intramolecular Hbond substituents is 1. The molecule has 0 spiro atoms. The Morgan fingerprint density at radius 1 is 1.00 bits per heavy atom. The molecule has 0 unspecified atom stereocenters. The third kappa shape index (κ3) is 5.67. The van der Waals surface area contributed by atoms with Gasteiger partial charge in [-0.15, -0.1) is 0 Å². The van der Waals surface area contributed by atoms with E-state index in [4.69, 9.17) is 11.6 Å². The van der Waals surface area contributed by atoms with Crippen molar-refractivity contribution in [3.05, 3.63) is 101 Å². The van der Waals surface area contributed by atoms with Gasteiger partial charge >= 0.3 is 6.03 Å². The second-order valence-electron chi connectivity index (χ2n) is 9.15. The van der Waals surface area contributed by atoms with E-state index in [1.54, 1.807) is 36.4 Å². The van der Waals surface area contributed by atoms with Crippen molar-refractivity contribution < 1.29 is 14.7 Å². The van der Waals surface area contributed by atoms with Crippen LogP contribution < -0.4 is 10.6 Å². The molecule has 1 aliphatic carbocycles. The van der Waals surface area contributed by atoms with Crippen molar-refractivity contribution in [2.45, 2.75) is 31.6 Å². The van der Waals surface area contributed by atoms with E-state index in [-0.39, 0.29) is 23.6 Å². The third-order valence-electron chi connectivity index (χ3n) is 6.62. The Hall–Kier alpha value is -4.10. The molecule has 0 saturated heterocycles. The quantitative estimate of drug-likeness (QED) is 0.272. The maximum atomic E-state index is 13.0. The van der Waals surface area contributed by atoms with Crippen LogP contribution >= 0.6 is 11.6 Å². The van der Waals surface area contributed by atoms with Crippen molar-refractivity contribution in [2.75, 3.05) is 11.9 Å². The van der Waals surface area contributed by atoms with Crippen LogP contribution in [0.1, 0.15) is 46.8 Å². The normalized spacial score (nSPS) is 13.1. The van der Waals surface area contributed by atoms with Gasteiger partial charge in [0.05, 0.1) is 11.4 Å². The number of rotatable bonds is 7. The molecule has 37 heavy (non-hydrogen) atoms. The maximum absolute atomic E-state index is 13.0. The zero-order valence-corrected chi connectivity index (χ0v) is 20.9. The first-order valence-corrected chi connectivity index (χ1v) is 12.7. The number of aromatic nitrogens is 2. The van der Waals surface area contributed by atoms with Gasteiger partial charge in [-0.3, -0.25) is 4.79 Å². The maximum Gasteiger partial charge on any atom is 0.342 e. The number of carbonyl (C=O) groups excluding carboxylic acids is 2. The van der Waals surface area contributed by atoms with Crippen molar-refractivity contribution >= 4 is 29.2 Å². The molecule has 188 valence electrons. The van der Waals surface area contributed by atoms with E-state index in [9.17, 15) is 14.7 Å². The van der Waals surface area contributed by atoms with Gasteiger partial charge in [0.1, 0.15) is 5.75 Å². The average molecular weight is 515 g/mol. The number of carbonyl (C=O) groups is 2. The molecule has 1 aliphatic rings. The van der Waals surface area contributed by atoms with Gasteiger partial charge in [0, 0.05) is 40.4 Å². The molecule has 1 saturated carbocycles. The molecule has 1 heterocycles. The highest BCUT2D eigenvalue weighted by Crippen LogP contribution is 2.39. The SMILES string of the molecule is O=C(Nc1ccc(-c2cc(C3CCC3)n(C(=O)NCCc3ccccc3)n2)c(O)c1)c1ccc(Cl)cc1. The summed E-state index contributed by atoms with van der Waals surface area (Å²) in [7, 11) is 0. The zero-order valence-electron chi connectivity index (χ0n) is 20.2. The lowest BCUT2D eigenvalue weighted by Crippen LogP contribution is -2.33. The minimum atomic E-state index is -0.312. The topological polar surface area (TPSA) is 96.3 Å². The van der Waals surface area contributed by atoms with Crippen LogP contribution in [-0.2, 0) is 6.42 Å². The van der Waals surface area contributed by atoms with Crippen LogP contribution in [0.15, 0.2) is 78.9 Å². The highest BCUT2D eigenvalue weighted by Gasteiger charge is 2.27. The first-order chi connectivity index (χ1) is 18.0. The van der Waals surface area contributed by atoms with Crippen LogP contribution in [0, 0.1) is 0 Å². The summed E-state index contributed by atoms with van der Waals surface area (Å²) < 4.78 is 1.43. The summed E-state index contributed by atoms with van der Waals surface area (Å²) in [6, 6.07) is 23.0. The molecule has 0 aliphatic heterocycles. The predicted octanol–water partition coefficient (Wildman–Crippen LogP) is 6.23. The lowest BCUT2D eigenvalue weighted by molar-refractivity contribution is 0.102. The first-order valence-electron chi connectivity index (χ1n) is 12.3. The highest BCUT2D eigenvalue weighted by molar-refractivity contribution is 6.30. The number of amides is 2. The monoisotopic (exact) mass is 514 g/mol. The van der Waals surface area contributed by atoms with E-state index < -0.39 is 0 Å². The fraction of sp³-hybridized carbons (Fsp3) is 0.207. The van der Waals surface area contributed by atoms with E-state index in [0.717, 1.165) is 36.9 Å². The molecule has 3 aromatic carbocycles. The number of phenols is 1. The lowest BCUT2D eigenvalue weighted by Gasteiger charge is -2.25. The lowest BCUT2D eigenvalue weighted by atomic mass is 9.82. The molecule has 0 atom stereocenters. The number of anilines is 1. The molecular formula is C29H27ClN4O3. The Balaban J connectivity index is 1.32. The minimum absolute atomic E-state index is 0.0387. The third-order valence-corrected chi connectivity index (χ3v) is 6.88. The Morgan fingerprint density at radius 2 is 1.76 bits per heavy atom. The first kappa shape index (κ1) is 24.6. The smallest absolute Gasteiger partial charge is 0.342 e. The summed E-state index contributed by atoms with van der Waals surface area (Å²) in [6.07, 6.45) is 3.85. The molecular weight excluding hydrogens is 488 g/mol. The number of nitrogens with one attached hydrogen (secondary N) is 2. The Labute approximate surface area is 220 Å². The van der Waals surface area contributed by atoms with Gasteiger partial charge in [0.15, 0.2) is 0 Å². The van der Waals surface area contributed by atoms with Crippen molar-refractivity contribution in [2.24, 2.45) is 0 Å². The zero-order chi connectivity index (χ0) is 25.8. The van der Waals surface area contributed by atoms with Crippen molar-refractivity contribution in [3.63, 3.8) is 0 Å². The molecule has 0 radical (unpaired) electrons. The molecule has 7 nitrogen and oxygen atoms in total. The summed E-state index contributed by atoms with van der Waals surface area (Å²) in [5.74, 6) is -0.0862. The fourth-order valence-electron chi connectivity index (χ4n) is 4.35. The molecule has 1 aromatic heterocycles. The van der Waals surface area contributed by atoms with Crippen molar-refractivity contribution in [3.8, 4) is 17.0 Å². The highest BCUT2D eigenvalue weighted by atomic mass is 35.5. The molecule has 2 amide bonds. The van der Waals surface area contributed by atoms with E-state index >= 15 is 0 Å². The van der Waals surface area contributed by atoms with Gasteiger partial charge in [0.2, 0.25) is 0 Å². The molecule has 5 rings (SSSR count). The van der Waals surface area contributed by atoms with Gasteiger partial charge in [-0.1, -0.05) is 48.4 Å². The second-order valence-corrected chi connectivity index (χ2v) is 9.59. The number of nitrogens with zero attached hydrogens (tertiary/aromatic N) is 2. The molecule has 3 N–H and O–H groups in total. The van der Waals surface area contributed by atoms with Crippen molar-refractivity contribution in [1.82, 2.24) is 15.1 Å². The standard InChI is InChI=1S/C29H27ClN4O3/c30-22-11-9-21(10-12-22)28(36)32-23-13-14-24(27(35)17-23)25-18-26(20-7-4-8-20)34(33-25)29(37)31-16-15-19-5-2-1-3-6-19/h1-3,5-6,9-14,17-18,20,35H,4,7-8,15-16H2,(H,31,37)(H,32,36). The number of hydrogen-bond donors (Lipinski definition) is 3. The van der Waals surface area contributed by atoms with Crippen LogP contribution in [-0.4, -0.2) is 33.4 Å². The van der Waals surface area contributed by atoms with Crippen LogP contribution in [0.25, 0.3) is 11.3 Å². The average Bonchev–Trinajstić information content (AvgIpc) is 3.28. The molecule has 8 heteroatoms. The van der Waals surface area contributed by atoms with Crippen LogP contribution in [0.5, 0.6) is 5.75 Å². The number of benzene rings is 3. The largest absolute Gasteiger partial charge is 0.507 e. The minimum Gasteiger partial charge on any atom is -0.507 e. The van der Waals surface area contributed by atoms with Gasteiger partial charge in [0.25, 0.3) is 5.91 Å². The fourth-order valence-corrected chi connectivity index (χ4v) is 4.47. The van der Waals surface area contributed by atoms with Gasteiger partial charge < -0.3 is 15.7 Å². The summed E-state index contributed by atoms with van der Waals surface area (Å²) in [4.78, 5) is 25.5. The van der Waals surface area contributed by atoms with Crippen LogP contribution in [0.2, 0.25) is 5.02 Å². The van der Waals surface area contributed by atoms with E-state index in [1.807, 2.05) is 36.4 Å². The van der Waals surface area contributed by atoms with Gasteiger partial charge in [-0.25, -0.2) is 4.79 Å². The predicted molar refractivity (Wildman–Crippen MR) is 144 cm³/mol. The number of halogens is 1. The van der Waals surface area contributed by atoms with Crippen LogP contribution in [0.4, 0.5) is 10.5 Å². The number of hydrogen-bond acceptors (Lipinski definition) is 4. The Bertz CT molecular complexity index is 1410. The van der Waals surface area contributed by atoms with Gasteiger partial charge in [-0.05, 0) is 67.3 Å². The summed E-state index contributed by atoms with van der Waals surface area (Å²) in [5, 5.41) is 21.6.